The van der Waals surface area contributed by atoms with Crippen molar-refractivity contribution >= 4 is 44.2 Å². The van der Waals surface area contributed by atoms with Gasteiger partial charge in [0.05, 0.1) is 11.7 Å². The lowest BCUT2D eigenvalue weighted by Crippen LogP contribution is -1.97. The van der Waals surface area contributed by atoms with Crippen LogP contribution in [0.4, 0.5) is 11.5 Å². The first-order valence-corrected chi connectivity index (χ1v) is 9.07. The largest absolute Gasteiger partial charge is 0.340 e. The fraction of sp³-hybridized carbons (Fsp3) is 0.136. The van der Waals surface area contributed by atoms with Crippen LogP contribution in [0.25, 0.3) is 32.7 Å². The molecule has 132 valence electrons. The van der Waals surface area contributed by atoms with E-state index >= 15 is 0 Å². The molecule has 0 saturated carbocycles. The Hall–Kier alpha value is -3.47. The maximum Gasteiger partial charge on any atom is 0.142 e. The van der Waals surface area contributed by atoms with E-state index in [0.717, 1.165) is 44.2 Å². The van der Waals surface area contributed by atoms with E-state index in [-0.39, 0.29) is 0 Å². The van der Waals surface area contributed by atoms with Crippen molar-refractivity contribution in [2.45, 2.75) is 19.8 Å². The van der Waals surface area contributed by atoms with Crippen molar-refractivity contribution < 1.29 is 0 Å². The van der Waals surface area contributed by atoms with Crippen LogP contribution in [0.5, 0.6) is 0 Å². The molecule has 1 aromatic carbocycles. The zero-order valence-corrected chi connectivity index (χ0v) is 15.2. The van der Waals surface area contributed by atoms with Crippen molar-refractivity contribution in [3.63, 3.8) is 0 Å². The Morgan fingerprint density at radius 3 is 2.59 bits per heavy atom. The second-order valence-corrected chi connectivity index (χ2v) is 7.06. The molecule has 5 nitrogen and oxygen atoms in total. The number of aromatic nitrogens is 4. The maximum absolute atomic E-state index is 4.88. The van der Waals surface area contributed by atoms with E-state index in [0.29, 0.717) is 5.92 Å². The van der Waals surface area contributed by atoms with E-state index in [9.17, 15) is 0 Å². The molecule has 0 saturated heterocycles. The number of nitrogens with zero attached hydrogens (tertiary/aromatic N) is 3. The van der Waals surface area contributed by atoms with E-state index in [1.807, 2.05) is 36.9 Å². The summed E-state index contributed by atoms with van der Waals surface area (Å²) < 4.78 is 0. The number of nitrogens with one attached hydrogen (secondary N) is 2. The van der Waals surface area contributed by atoms with Crippen molar-refractivity contribution in [1.29, 1.82) is 0 Å². The minimum Gasteiger partial charge on any atom is -0.340 e. The molecule has 5 aromatic rings. The summed E-state index contributed by atoms with van der Waals surface area (Å²) >= 11 is 0. The van der Waals surface area contributed by atoms with Crippen molar-refractivity contribution in [1.82, 2.24) is 19.9 Å². The van der Waals surface area contributed by atoms with Crippen LogP contribution in [0.15, 0.2) is 61.2 Å². The van der Waals surface area contributed by atoms with E-state index in [2.05, 4.69) is 58.4 Å². The number of hydrogen-bond acceptors (Lipinski definition) is 4. The Labute approximate surface area is 156 Å². The second kappa shape index (κ2) is 6.06. The number of pyridine rings is 3. The number of rotatable bonds is 3. The number of hydrogen-bond donors (Lipinski definition) is 2. The van der Waals surface area contributed by atoms with Gasteiger partial charge in [-0.05, 0) is 35.7 Å². The highest BCUT2D eigenvalue weighted by atomic mass is 15.0. The lowest BCUT2D eigenvalue weighted by molar-refractivity contribution is 0.867. The van der Waals surface area contributed by atoms with E-state index in [4.69, 9.17) is 4.98 Å². The Morgan fingerprint density at radius 2 is 1.74 bits per heavy atom. The van der Waals surface area contributed by atoms with E-state index in [1.54, 1.807) is 0 Å². The van der Waals surface area contributed by atoms with Crippen LogP contribution in [-0.2, 0) is 0 Å². The molecule has 0 fully saturated rings. The Kier molecular flexibility index (Phi) is 3.53. The summed E-state index contributed by atoms with van der Waals surface area (Å²) in [5.74, 6) is 1.27. The maximum atomic E-state index is 4.88. The number of benzene rings is 1. The van der Waals surface area contributed by atoms with Gasteiger partial charge in [0.1, 0.15) is 11.5 Å². The van der Waals surface area contributed by atoms with Gasteiger partial charge in [0.2, 0.25) is 0 Å². The predicted octanol–water partition coefficient (Wildman–Crippen LogP) is 5.53. The van der Waals surface area contributed by atoms with Crippen molar-refractivity contribution in [2.24, 2.45) is 0 Å². The molecular weight excluding hydrogens is 334 g/mol. The summed E-state index contributed by atoms with van der Waals surface area (Å²) in [7, 11) is 0. The average molecular weight is 353 g/mol. The molecule has 0 radical (unpaired) electrons. The van der Waals surface area contributed by atoms with Crippen LogP contribution in [-0.4, -0.2) is 19.9 Å². The standard InChI is InChI=1S/C22H19N5/c1-13(2)14-4-3-5-15(10-14)25-21-18-11-23-8-6-16(18)20-17-7-9-24-12-19(17)26-22(20)27-21/h3-13H,1-2H3,(H2,25,26,27). The highest BCUT2D eigenvalue weighted by Gasteiger charge is 2.14. The highest BCUT2D eigenvalue weighted by molar-refractivity contribution is 6.20. The molecule has 0 aliphatic rings. The minimum atomic E-state index is 0.474. The molecule has 4 aromatic heterocycles. The SMILES string of the molecule is CC(C)c1cccc(Nc2nc3[nH]c4cnccc4c3c3ccncc23)c1. The van der Waals surface area contributed by atoms with Crippen molar-refractivity contribution in [3.8, 4) is 0 Å². The average Bonchev–Trinajstić information content (AvgIpc) is 3.07. The molecule has 0 bridgehead atoms. The number of fused-ring (bicyclic) bond motifs is 5. The molecule has 0 atom stereocenters. The Balaban J connectivity index is 1.74. The van der Waals surface area contributed by atoms with Crippen LogP contribution >= 0.6 is 0 Å². The van der Waals surface area contributed by atoms with Gasteiger partial charge in [0, 0.05) is 45.8 Å². The van der Waals surface area contributed by atoms with E-state index in [1.165, 1.54) is 5.56 Å². The molecular formula is C22H19N5. The molecule has 5 rings (SSSR count). The van der Waals surface area contributed by atoms with Crippen LogP contribution < -0.4 is 5.32 Å². The summed E-state index contributed by atoms with van der Waals surface area (Å²) in [6, 6.07) is 12.5. The molecule has 0 aliphatic heterocycles. The second-order valence-electron chi connectivity index (χ2n) is 7.06. The van der Waals surface area contributed by atoms with Gasteiger partial charge in [-0.25, -0.2) is 4.98 Å². The first-order chi connectivity index (χ1) is 13.2. The summed E-state index contributed by atoms with van der Waals surface area (Å²) in [6.07, 6.45) is 7.34. The van der Waals surface area contributed by atoms with Crippen LogP contribution in [0.1, 0.15) is 25.3 Å². The highest BCUT2D eigenvalue weighted by Crippen LogP contribution is 2.34. The topological polar surface area (TPSA) is 66.5 Å². The molecule has 0 unspecified atom stereocenters. The number of aromatic amines is 1. The van der Waals surface area contributed by atoms with Gasteiger partial charge in [-0.3, -0.25) is 9.97 Å². The third kappa shape index (κ3) is 2.59. The number of H-pyrrole nitrogens is 1. The minimum absolute atomic E-state index is 0.474. The van der Waals surface area contributed by atoms with Crippen molar-refractivity contribution in [3.05, 3.63) is 66.7 Å². The lowest BCUT2D eigenvalue weighted by atomic mass is 10.0. The molecule has 5 heteroatoms. The molecule has 0 amide bonds. The van der Waals surface area contributed by atoms with Gasteiger partial charge in [0.15, 0.2) is 0 Å². The molecule has 27 heavy (non-hydrogen) atoms. The molecule has 0 spiro atoms. The van der Waals surface area contributed by atoms with Gasteiger partial charge >= 0.3 is 0 Å². The quantitative estimate of drug-likeness (QED) is 0.448. The smallest absolute Gasteiger partial charge is 0.142 e. The summed E-state index contributed by atoms with van der Waals surface area (Å²) in [5.41, 5.74) is 4.15. The fourth-order valence-electron chi connectivity index (χ4n) is 3.57. The Morgan fingerprint density at radius 1 is 0.926 bits per heavy atom. The van der Waals surface area contributed by atoms with E-state index < -0.39 is 0 Å². The molecule has 4 heterocycles. The fourth-order valence-corrected chi connectivity index (χ4v) is 3.57. The van der Waals surface area contributed by atoms with Gasteiger partial charge in [-0.2, -0.15) is 0 Å². The van der Waals surface area contributed by atoms with Gasteiger partial charge in [0.25, 0.3) is 0 Å². The van der Waals surface area contributed by atoms with Gasteiger partial charge in [-0.1, -0.05) is 26.0 Å². The van der Waals surface area contributed by atoms with Gasteiger partial charge in [-0.15, -0.1) is 0 Å². The summed E-state index contributed by atoms with van der Waals surface area (Å²) in [6.45, 7) is 4.39. The zero-order chi connectivity index (χ0) is 18.4. The summed E-state index contributed by atoms with van der Waals surface area (Å²) in [4.78, 5) is 16.8. The predicted molar refractivity (Wildman–Crippen MR) is 111 cm³/mol. The number of anilines is 2. The molecule has 0 aliphatic carbocycles. The third-order valence-electron chi connectivity index (χ3n) is 4.97. The third-order valence-corrected chi connectivity index (χ3v) is 4.97. The van der Waals surface area contributed by atoms with Gasteiger partial charge < -0.3 is 10.3 Å². The zero-order valence-electron chi connectivity index (χ0n) is 15.2. The van der Waals surface area contributed by atoms with Crippen LogP contribution in [0, 0.1) is 0 Å². The first-order valence-electron chi connectivity index (χ1n) is 9.07. The Bertz CT molecular complexity index is 1290. The molecule has 2 N–H and O–H groups in total. The van der Waals surface area contributed by atoms with Crippen LogP contribution in [0.2, 0.25) is 0 Å². The summed E-state index contributed by atoms with van der Waals surface area (Å²) in [5, 5.41) is 7.84. The lowest BCUT2D eigenvalue weighted by Gasteiger charge is -2.12. The monoisotopic (exact) mass is 353 g/mol. The normalized spacial score (nSPS) is 11.7. The van der Waals surface area contributed by atoms with Crippen LogP contribution in [0.3, 0.4) is 0 Å². The first kappa shape index (κ1) is 15.8. The van der Waals surface area contributed by atoms with Crippen molar-refractivity contribution in [2.75, 3.05) is 5.32 Å².